The van der Waals surface area contributed by atoms with Crippen LogP contribution in [0.25, 0.3) is 11.0 Å². The van der Waals surface area contributed by atoms with Gasteiger partial charge < -0.3 is 13.9 Å². The highest BCUT2D eigenvalue weighted by Crippen LogP contribution is 2.31. The topological polar surface area (TPSA) is 65.7 Å². The maximum absolute atomic E-state index is 12.2. The van der Waals surface area contributed by atoms with E-state index in [4.69, 9.17) is 13.9 Å². The van der Waals surface area contributed by atoms with Crippen LogP contribution in [0.2, 0.25) is 0 Å². The smallest absolute Gasteiger partial charge is 0.342 e. The van der Waals surface area contributed by atoms with Crippen molar-refractivity contribution >= 4 is 34.7 Å². The van der Waals surface area contributed by atoms with E-state index in [2.05, 4.69) is 13.8 Å². The third-order valence-corrected chi connectivity index (χ3v) is 5.91. The van der Waals surface area contributed by atoms with Crippen LogP contribution >= 0.6 is 11.8 Å². The minimum absolute atomic E-state index is 0.153. The molecular weight excluding hydrogens is 388 g/mol. The minimum atomic E-state index is -0.372. The molecule has 0 saturated carbocycles. The summed E-state index contributed by atoms with van der Waals surface area (Å²) in [6.45, 7) is 8.69. The van der Waals surface area contributed by atoms with Crippen LogP contribution in [0.15, 0.2) is 27.5 Å². The van der Waals surface area contributed by atoms with Crippen LogP contribution in [-0.2, 0) is 14.3 Å². The normalized spacial score (nSPS) is 12.1. The summed E-state index contributed by atoms with van der Waals surface area (Å²) in [6, 6.07) is 5.71. The van der Waals surface area contributed by atoms with Gasteiger partial charge in [-0.15, -0.1) is 11.8 Å². The van der Waals surface area contributed by atoms with E-state index in [1.54, 1.807) is 25.6 Å². The van der Waals surface area contributed by atoms with E-state index in [0.717, 1.165) is 23.1 Å². The SMILES string of the molecule is CCCCC(CC)COC(=O)CCSc1ccc2oc(C)c(C(=O)OCC)c2c1. The minimum Gasteiger partial charge on any atom is -0.465 e. The molecule has 1 atom stereocenters. The number of aryl methyl sites for hydroxylation is 1. The van der Waals surface area contributed by atoms with Crippen molar-refractivity contribution in [2.45, 2.75) is 64.7 Å². The Morgan fingerprint density at radius 2 is 1.97 bits per heavy atom. The highest BCUT2D eigenvalue weighted by atomic mass is 32.2. The lowest BCUT2D eigenvalue weighted by molar-refractivity contribution is -0.144. The molecular formula is C23H32O5S. The van der Waals surface area contributed by atoms with Gasteiger partial charge in [0, 0.05) is 16.0 Å². The third-order valence-electron chi connectivity index (χ3n) is 4.91. The number of ether oxygens (including phenoxy) is 2. The summed E-state index contributed by atoms with van der Waals surface area (Å²) in [6.07, 6.45) is 4.86. The summed E-state index contributed by atoms with van der Waals surface area (Å²) in [5.74, 6) is 1.11. The second kappa shape index (κ2) is 11.9. The van der Waals surface area contributed by atoms with Crippen molar-refractivity contribution in [2.75, 3.05) is 19.0 Å². The van der Waals surface area contributed by atoms with Crippen LogP contribution in [0, 0.1) is 12.8 Å². The van der Waals surface area contributed by atoms with Crippen LogP contribution in [0.4, 0.5) is 0 Å². The number of fused-ring (bicyclic) bond motifs is 1. The van der Waals surface area contributed by atoms with E-state index < -0.39 is 0 Å². The summed E-state index contributed by atoms with van der Waals surface area (Å²) < 4.78 is 16.3. The zero-order chi connectivity index (χ0) is 21.2. The Labute approximate surface area is 177 Å². The molecule has 0 aliphatic heterocycles. The lowest BCUT2D eigenvalue weighted by atomic mass is 10.0. The van der Waals surface area contributed by atoms with E-state index in [1.807, 2.05) is 18.2 Å². The molecule has 0 aliphatic carbocycles. The summed E-state index contributed by atoms with van der Waals surface area (Å²) in [4.78, 5) is 25.2. The number of benzene rings is 1. The Bertz CT molecular complexity index is 811. The fourth-order valence-electron chi connectivity index (χ4n) is 3.18. The van der Waals surface area contributed by atoms with E-state index in [1.165, 1.54) is 12.8 Å². The monoisotopic (exact) mass is 420 g/mol. The predicted octanol–water partition coefficient (Wildman–Crippen LogP) is 6.16. The third kappa shape index (κ3) is 6.81. The van der Waals surface area contributed by atoms with Gasteiger partial charge in [0.15, 0.2) is 0 Å². The first-order valence-electron chi connectivity index (χ1n) is 10.5. The Hall–Kier alpha value is -1.95. The molecule has 1 unspecified atom stereocenters. The van der Waals surface area contributed by atoms with Gasteiger partial charge in [0.05, 0.1) is 19.6 Å². The number of rotatable bonds is 12. The van der Waals surface area contributed by atoms with Crippen LogP contribution in [0.5, 0.6) is 0 Å². The van der Waals surface area contributed by atoms with Crippen LogP contribution in [0.1, 0.15) is 69.0 Å². The molecule has 0 N–H and O–H groups in total. The highest BCUT2D eigenvalue weighted by molar-refractivity contribution is 7.99. The van der Waals surface area contributed by atoms with E-state index in [0.29, 0.717) is 48.2 Å². The molecule has 0 aliphatic rings. The number of esters is 2. The van der Waals surface area contributed by atoms with E-state index >= 15 is 0 Å². The lowest BCUT2D eigenvalue weighted by Crippen LogP contribution is -2.14. The fourth-order valence-corrected chi connectivity index (χ4v) is 4.05. The molecule has 2 rings (SSSR count). The molecule has 1 heterocycles. The molecule has 0 spiro atoms. The first kappa shape index (κ1) is 23.3. The Kier molecular flexibility index (Phi) is 9.58. The Morgan fingerprint density at radius 3 is 2.66 bits per heavy atom. The highest BCUT2D eigenvalue weighted by Gasteiger charge is 2.19. The van der Waals surface area contributed by atoms with Gasteiger partial charge in [0.25, 0.3) is 0 Å². The van der Waals surface area contributed by atoms with Crippen molar-refractivity contribution in [3.8, 4) is 0 Å². The number of hydrogen-bond donors (Lipinski definition) is 0. The zero-order valence-electron chi connectivity index (χ0n) is 17.9. The molecule has 1 aromatic heterocycles. The van der Waals surface area contributed by atoms with Crippen molar-refractivity contribution < 1.29 is 23.5 Å². The quantitative estimate of drug-likeness (QED) is 0.303. The van der Waals surface area contributed by atoms with Gasteiger partial charge in [-0.3, -0.25) is 4.79 Å². The van der Waals surface area contributed by atoms with Gasteiger partial charge in [-0.25, -0.2) is 4.79 Å². The average molecular weight is 421 g/mol. The molecule has 2 aromatic rings. The standard InChI is InChI=1S/C23H32O5S/c1-5-8-9-17(6-2)15-27-21(24)12-13-29-18-10-11-20-19(14-18)22(16(4)28-20)23(25)26-7-3/h10-11,14,17H,5-9,12-13,15H2,1-4H3. The number of furan rings is 1. The van der Waals surface area contributed by atoms with Gasteiger partial charge in [-0.05, 0) is 44.4 Å². The largest absolute Gasteiger partial charge is 0.465 e. The molecule has 29 heavy (non-hydrogen) atoms. The van der Waals surface area contributed by atoms with E-state index in [-0.39, 0.29) is 11.9 Å². The number of unbranched alkanes of at least 4 members (excludes halogenated alkanes) is 1. The van der Waals surface area contributed by atoms with Gasteiger partial charge in [0.2, 0.25) is 0 Å². The maximum atomic E-state index is 12.2. The van der Waals surface area contributed by atoms with Gasteiger partial charge >= 0.3 is 11.9 Å². The first-order chi connectivity index (χ1) is 14.0. The average Bonchev–Trinajstić information content (AvgIpc) is 3.03. The molecule has 0 saturated heterocycles. The second-order valence-corrected chi connectivity index (χ2v) is 8.28. The maximum Gasteiger partial charge on any atom is 0.342 e. The van der Waals surface area contributed by atoms with Gasteiger partial charge in [-0.2, -0.15) is 0 Å². The van der Waals surface area contributed by atoms with Crippen molar-refractivity contribution in [3.63, 3.8) is 0 Å². The number of carbonyl (C=O) groups is 2. The molecule has 0 amide bonds. The van der Waals surface area contributed by atoms with Crippen LogP contribution < -0.4 is 0 Å². The fraction of sp³-hybridized carbons (Fsp3) is 0.565. The van der Waals surface area contributed by atoms with Crippen molar-refractivity contribution in [2.24, 2.45) is 5.92 Å². The molecule has 0 bridgehead atoms. The van der Waals surface area contributed by atoms with Crippen LogP contribution in [-0.4, -0.2) is 30.9 Å². The number of thioether (sulfide) groups is 1. The summed E-state index contributed by atoms with van der Waals surface area (Å²) in [5, 5.41) is 0.746. The second-order valence-electron chi connectivity index (χ2n) is 7.11. The molecule has 0 radical (unpaired) electrons. The molecule has 6 heteroatoms. The van der Waals surface area contributed by atoms with Crippen molar-refractivity contribution in [1.29, 1.82) is 0 Å². The first-order valence-corrected chi connectivity index (χ1v) is 11.5. The Morgan fingerprint density at radius 1 is 1.17 bits per heavy atom. The van der Waals surface area contributed by atoms with Gasteiger partial charge in [-0.1, -0.05) is 33.1 Å². The predicted molar refractivity (Wildman–Crippen MR) is 117 cm³/mol. The summed E-state index contributed by atoms with van der Waals surface area (Å²) in [5.41, 5.74) is 1.13. The summed E-state index contributed by atoms with van der Waals surface area (Å²) >= 11 is 1.57. The molecule has 5 nitrogen and oxygen atoms in total. The molecule has 1 aromatic carbocycles. The lowest BCUT2D eigenvalue weighted by Gasteiger charge is -2.14. The molecule has 160 valence electrons. The van der Waals surface area contributed by atoms with E-state index in [9.17, 15) is 9.59 Å². The summed E-state index contributed by atoms with van der Waals surface area (Å²) in [7, 11) is 0. The molecule has 0 fully saturated rings. The van der Waals surface area contributed by atoms with Crippen LogP contribution in [0.3, 0.4) is 0 Å². The zero-order valence-corrected chi connectivity index (χ0v) is 18.7. The van der Waals surface area contributed by atoms with Crippen molar-refractivity contribution in [3.05, 3.63) is 29.5 Å². The Balaban J connectivity index is 1.89. The number of carbonyl (C=O) groups excluding carboxylic acids is 2. The van der Waals surface area contributed by atoms with Gasteiger partial charge in [0.1, 0.15) is 16.9 Å². The number of hydrogen-bond acceptors (Lipinski definition) is 6. The van der Waals surface area contributed by atoms with Crippen molar-refractivity contribution in [1.82, 2.24) is 0 Å².